The second-order valence-electron chi connectivity index (χ2n) is 7.26. The fourth-order valence-electron chi connectivity index (χ4n) is 3.91. The van der Waals surface area contributed by atoms with Crippen LogP contribution in [0.25, 0.3) is 11.1 Å². The van der Waals surface area contributed by atoms with Crippen molar-refractivity contribution >= 4 is 17.0 Å². The van der Waals surface area contributed by atoms with Crippen molar-refractivity contribution in [1.29, 1.82) is 0 Å². The molecule has 1 atom stereocenters. The number of likely N-dealkylation sites (tertiary alicyclic amines) is 1. The molecule has 0 spiro atoms. The number of pyridine rings is 2. The Bertz CT molecular complexity index is 1070. The lowest BCUT2D eigenvalue weighted by atomic mass is 9.92. The summed E-state index contributed by atoms with van der Waals surface area (Å²) in [6.45, 7) is 4.78. The minimum absolute atomic E-state index is 0.106. The van der Waals surface area contributed by atoms with Gasteiger partial charge in [0.15, 0.2) is 0 Å². The predicted octanol–water partition coefficient (Wildman–Crippen LogP) is 4.28. The lowest BCUT2D eigenvalue weighted by Gasteiger charge is -2.32. The van der Waals surface area contributed by atoms with Gasteiger partial charge in [-0.15, -0.1) is 0 Å². The van der Waals surface area contributed by atoms with Crippen molar-refractivity contribution in [3.05, 3.63) is 46.9 Å². The molecule has 0 aliphatic carbocycles. The highest BCUT2D eigenvalue weighted by Crippen LogP contribution is 2.34. The van der Waals surface area contributed by atoms with Crippen LogP contribution in [-0.4, -0.2) is 45.6 Å². The number of rotatable bonds is 5. The van der Waals surface area contributed by atoms with Gasteiger partial charge in [-0.05, 0) is 44.9 Å². The summed E-state index contributed by atoms with van der Waals surface area (Å²) in [4.78, 5) is 23.4. The van der Waals surface area contributed by atoms with Gasteiger partial charge in [0, 0.05) is 36.5 Å². The van der Waals surface area contributed by atoms with Crippen molar-refractivity contribution in [1.82, 2.24) is 20.0 Å². The standard InChI is InChI=1S/C21H22F2N4O3/c1-3-29-19-14(7-4-8-24-19)21(28)27-9-5-6-13(11-27)16-10-15(18(22)23)17-12(2)26-30-20(17)25-16/h4,7-8,10,13,18H,3,5-6,9,11H2,1-2H3/t13-/m1/s1. The van der Waals surface area contributed by atoms with E-state index >= 15 is 0 Å². The van der Waals surface area contributed by atoms with Gasteiger partial charge in [-0.3, -0.25) is 4.79 Å². The Balaban J connectivity index is 1.63. The Kier molecular flexibility index (Phi) is 5.61. The van der Waals surface area contributed by atoms with Crippen LogP contribution >= 0.6 is 0 Å². The average molecular weight is 416 g/mol. The molecule has 3 aromatic heterocycles. The molecule has 1 fully saturated rings. The van der Waals surface area contributed by atoms with E-state index < -0.39 is 6.43 Å². The fourth-order valence-corrected chi connectivity index (χ4v) is 3.91. The zero-order valence-corrected chi connectivity index (χ0v) is 16.8. The first-order valence-electron chi connectivity index (χ1n) is 9.91. The highest BCUT2D eigenvalue weighted by Gasteiger charge is 2.30. The van der Waals surface area contributed by atoms with Crippen LogP contribution in [0.2, 0.25) is 0 Å². The number of aryl methyl sites for hydroxylation is 1. The summed E-state index contributed by atoms with van der Waals surface area (Å²) in [7, 11) is 0. The van der Waals surface area contributed by atoms with E-state index in [0.29, 0.717) is 42.5 Å². The van der Waals surface area contributed by atoms with E-state index in [2.05, 4.69) is 15.1 Å². The summed E-state index contributed by atoms with van der Waals surface area (Å²) in [5.41, 5.74) is 1.24. The molecule has 7 nitrogen and oxygen atoms in total. The average Bonchev–Trinajstić information content (AvgIpc) is 3.14. The molecule has 1 amide bonds. The lowest BCUT2D eigenvalue weighted by molar-refractivity contribution is 0.0700. The first-order valence-corrected chi connectivity index (χ1v) is 9.91. The topological polar surface area (TPSA) is 81.4 Å². The Hall–Kier alpha value is -3.10. The molecule has 1 aliphatic rings. The third kappa shape index (κ3) is 3.71. The van der Waals surface area contributed by atoms with E-state index in [1.165, 1.54) is 6.07 Å². The summed E-state index contributed by atoms with van der Waals surface area (Å²) in [6, 6.07) is 4.79. The minimum Gasteiger partial charge on any atom is -0.477 e. The first-order chi connectivity index (χ1) is 14.5. The van der Waals surface area contributed by atoms with Gasteiger partial charge in [-0.1, -0.05) is 5.16 Å². The SMILES string of the molecule is CCOc1ncccc1C(=O)N1CCC[C@@H](c2cc(C(F)F)c3c(C)noc3n2)C1. The Morgan fingerprint density at radius 1 is 1.43 bits per heavy atom. The molecule has 1 saturated heterocycles. The summed E-state index contributed by atoms with van der Waals surface area (Å²) < 4.78 is 38.0. The van der Waals surface area contributed by atoms with Crippen molar-refractivity contribution in [3.8, 4) is 5.88 Å². The zero-order chi connectivity index (χ0) is 21.3. The Morgan fingerprint density at radius 3 is 3.03 bits per heavy atom. The molecule has 0 unspecified atom stereocenters. The normalized spacial score (nSPS) is 17.0. The number of amides is 1. The molecule has 30 heavy (non-hydrogen) atoms. The molecule has 158 valence electrons. The van der Waals surface area contributed by atoms with E-state index in [1.807, 2.05) is 6.92 Å². The van der Waals surface area contributed by atoms with Crippen LogP contribution in [0, 0.1) is 6.92 Å². The number of halogens is 2. The second kappa shape index (κ2) is 8.33. The lowest BCUT2D eigenvalue weighted by Crippen LogP contribution is -2.39. The number of piperidine rings is 1. The number of hydrogen-bond donors (Lipinski definition) is 0. The third-order valence-corrected chi connectivity index (χ3v) is 5.31. The largest absolute Gasteiger partial charge is 0.477 e. The van der Waals surface area contributed by atoms with E-state index in [0.717, 1.165) is 12.8 Å². The van der Waals surface area contributed by atoms with Gasteiger partial charge in [0.2, 0.25) is 5.88 Å². The molecule has 3 aromatic rings. The number of alkyl halides is 2. The number of ether oxygens (including phenoxy) is 1. The second-order valence-corrected chi connectivity index (χ2v) is 7.26. The quantitative estimate of drug-likeness (QED) is 0.617. The van der Waals surface area contributed by atoms with E-state index in [9.17, 15) is 13.6 Å². The molecule has 0 aromatic carbocycles. The minimum atomic E-state index is -2.67. The van der Waals surface area contributed by atoms with Gasteiger partial charge in [0.25, 0.3) is 18.0 Å². The number of aromatic nitrogens is 3. The monoisotopic (exact) mass is 416 g/mol. The van der Waals surface area contributed by atoms with Gasteiger partial charge >= 0.3 is 0 Å². The maximum absolute atomic E-state index is 13.7. The molecule has 4 rings (SSSR count). The van der Waals surface area contributed by atoms with Crippen LogP contribution in [-0.2, 0) is 0 Å². The predicted molar refractivity (Wildman–Crippen MR) is 105 cm³/mol. The van der Waals surface area contributed by atoms with Crippen LogP contribution in [0.15, 0.2) is 28.9 Å². The molecule has 0 radical (unpaired) electrons. The van der Waals surface area contributed by atoms with Crippen LogP contribution in [0.4, 0.5) is 8.78 Å². The van der Waals surface area contributed by atoms with Crippen LogP contribution in [0.3, 0.4) is 0 Å². The van der Waals surface area contributed by atoms with Crippen molar-refractivity contribution < 1.29 is 22.8 Å². The van der Waals surface area contributed by atoms with Crippen LogP contribution in [0.1, 0.15) is 59.4 Å². The van der Waals surface area contributed by atoms with Gasteiger partial charge in [0.1, 0.15) is 5.56 Å². The van der Waals surface area contributed by atoms with Gasteiger partial charge in [0.05, 0.1) is 17.7 Å². The van der Waals surface area contributed by atoms with Crippen molar-refractivity contribution in [2.24, 2.45) is 0 Å². The maximum atomic E-state index is 13.7. The molecule has 0 saturated carbocycles. The summed E-state index contributed by atoms with van der Waals surface area (Å²) in [5, 5.41) is 4.04. The van der Waals surface area contributed by atoms with Gasteiger partial charge in [-0.2, -0.15) is 0 Å². The molecule has 0 bridgehead atoms. The first kappa shape index (κ1) is 20.2. The third-order valence-electron chi connectivity index (χ3n) is 5.31. The van der Waals surface area contributed by atoms with Gasteiger partial charge in [-0.25, -0.2) is 18.7 Å². The number of nitrogens with zero attached hydrogens (tertiary/aromatic N) is 4. The highest BCUT2D eigenvalue weighted by molar-refractivity contribution is 5.96. The molecular weight excluding hydrogens is 394 g/mol. The fraction of sp³-hybridized carbons (Fsp3) is 0.429. The van der Waals surface area contributed by atoms with E-state index in [-0.39, 0.29) is 28.5 Å². The number of carbonyl (C=O) groups is 1. The van der Waals surface area contributed by atoms with E-state index in [1.54, 1.807) is 30.2 Å². The zero-order valence-electron chi connectivity index (χ0n) is 16.8. The van der Waals surface area contributed by atoms with Gasteiger partial charge < -0.3 is 14.2 Å². The number of hydrogen-bond acceptors (Lipinski definition) is 6. The maximum Gasteiger partial charge on any atom is 0.264 e. The van der Waals surface area contributed by atoms with Crippen molar-refractivity contribution in [2.45, 2.75) is 39.0 Å². The smallest absolute Gasteiger partial charge is 0.264 e. The number of carbonyl (C=O) groups excluding carboxylic acids is 1. The highest BCUT2D eigenvalue weighted by atomic mass is 19.3. The summed E-state index contributed by atoms with van der Waals surface area (Å²) in [6.07, 6.45) is 0.381. The summed E-state index contributed by atoms with van der Waals surface area (Å²) >= 11 is 0. The molecule has 0 N–H and O–H groups in total. The molecule has 9 heteroatoms. The van der Waals surface area contributed by atoms with E-state index in [4.69, 9.17) is 9.26 Å². The Morgan fingerprint density at radius 2 is 2.27 bits per heavy atom. The Labute approximate surface area is 172 Å². The summed E-state index contributed by atoms with van der Waals surface area (Å²) in [5.74, 6) is -0.0760. The molecular formula is C21H22F2N4O3. The molecule has 4 heterocycles. The van der Waals surface area contributed by atoms with Crippen LogP contribution < -0.4 is 4.74 Å². The van der Waals surface area contributed by atoms with Crippen molar-refractivity contribution in [3.63, 3.8) is 0 Å². The number of fused-ring (bicyclic) bond motifs is 1. The van der Waals surface area contributed by atoms with Crippen molar-refractivity contribution in [2.75, 3.05) is 19.7 Å². The molecule has 1 aliphatic heterocycles. The van der Waals surface area contributed by atoms with Crippen LogP contribution in [0.5, 0.6) is 5.88 Å².